The molecule has 5 nitrogen and oxygen atoms in total. The minimum atomic E-state index is -3.84. The smallest absolute Gasteiger partial charge is 0.245 e. The second kappa shape index (κ2) is 4.83. The molecule has 0 bridgehead atoms. The molecule has 100 valence electrons. The molecule has 1 fully saturated rings. The third kappa shape index (κ3) is 2.33. The lowest BCUT2D eigenvalue weighted by Gasteiger charge is -2.29. The van der Waals surface area contributed by atoms with Crippen molar-refractivity contribution in [3.05, 3.63) is 24.0 Å². The minimum Gasteiger partial charge on any atom is -0.395 e. The van der Waals surface area contributed by atoms with Gasteiger partial charge in [0.15, 0.2) is 0 Å². The van der Waals surface area contributed by atoms with E-state index < -0.39 is 21.9 Å². The number of hydrogen-bond donors (Lipinski definition) is 2. The van der Waals surface area contributed by atoms with Gasteiger partial charge in [-0.1, -0.05) is 6.07 Å². The van der Waals surface area contributed by atoms with Crippen LogP contribution in [0.1, 0.15) is 12.8 Å². The SMILES string of the molecule is Nc1c(F)cccc1S(=O)(=O)N1CCCC(O)C1. The fourth-order valence-corrected chi connectivity index (χ4v) is 3.66. The third-order valence-corrected chi connectivity index (χ3v) is 4.91. The Morgan fingerprint density at radius 1 is 1.44 bits per heavy atom. The van der Waals surface area contributed by atoms with Gasteiger partial charge in [0, 0.05) is 13.1 Å². The van der Waals surface area contributed by atoms with Gasteiger partial charge >= 0.3 is 0 Å². The van der Waals surface area contributed by atoms with Gasteiger partial charge in [-0.15, -0.1) is 0 Å². The number of β-amino-alcohol motifs (C(OH)–C–C–N with tert-alkyl or cyclic N) is 1. The molecule has 1 saturated heterocycles. The van der Waals surface area contributed by atoms with Gasteiger partial charge in [0.2, 0.25) is 10.0 Å². The van der Waals surface area contributed by atoms with Crippen LogP contribution in [-0.4, -0.2) is 37.0 Å². The molecular formula is C11H15FN2O3S. The Bertz CT molecular complexity index is 547. The van der Waals surface area contributed by atoms with E-state index in [1.807, 2.05) is 0 Å². The van der Waals surface area contributed by atoms with Crippen LogP contribution in [0.3, 0.4) is 0 Å². The maximum absolute atomic E-state index is 13.3. The molecule has 0 amide bonds. The van der Waals surface area contributed by atoms with Crippen molar-refractivity contribution in [2.24, 2.45) is 0 Å². The number of para-hydroxylation sites is 1. The number of nitrogen functional groups attached to an aromatic ring is 1. The van der Waals surface area contributed by atoms with E-state index in [4.69, 9.17) is 5.73 Å². The molecule has 1 aromatic rings. The van der Waals surface area contributed by atoms with Crippen LogP contribution in [0.4, 0.5) is 10.1 Å². The number of hydrogen-bond acceptors (Lipinski definition) is 4. The van der Waals surface area contributed by atoms with Crippen molar-refractivity contribution in [3.63, 3.8) is 0 Å². The summed E-state index contributed by atoms with van der Waals surface area (Å²) in [6.07, 6.45) is 0.476. The monoisotopic (exact) mass is 274 g/mol. The van der Waals surface area contributed by atoms with Crippen molar-refractivity contribution >= 4 is 15.7 Å². The Morgan fingerprint density at radius 3 is 2.83 bits per heavy atom. The van der Waals surface area contributed by atoms with Crippen LogP contribution in [0.15, 0.2) is 23.1 Å². The highest BCUT2D eigenvalue weighted by Gasteiger charge is 2.31. The maximum Gasteiger partial charge on any atom is 0.245 e. The van der Waals surface area contributed by atoms with Crippen LogP contribution in [-0.2, 0) is 10.0 Å². The Kier molecular flexibility index (Phi) is 3.56. The average Bonchev–Trinajstić information content (AvgIpc) is 2.32. The zero-order valence-electron chi connectivity index (χ0n) is 9.71. The zero-order chi connectivity index (χ0) is 13.3. The molecule has 7 heteroatoms. The number of piperidine rings is 1. The average molecular weight is 274 g/mol. The summed E-state index contributed by atoms with van der Waals surface area (Å²) in [6.45, 7) is 0.341. The highest BCUT2D eigenvalue weighted by Crippen LogP contribution is 2.26. The van der Waals surface area contributed by atoms with Crippen molar-refractivity contribution in [1.29, 1.82) is 0 Å². The summed E-state index contributed by atoms with van der Waals surface area (Å²) in [5.41, 5.74) is 5.09. The summed E-state index contributed by atoms with van der Waals surface area (Å²) in [5.74, 6) is -0.756. The minimum absolute atomic E-state index is 0.0261. The van der Waals surface area contributed by atoms with Crippen molar-refractivity contribution in [2.75, 3.05) is 18.8 Å². The number of rotatable bonds is 2. The predicted molar refractivity (Wildman–Crippen MR) is 64.8 cm³/mol. The topological polar surface area (TPSA) is 83.6 Å². The lowest BCUT2D eigenvalue weighted by atomic mass is 10.1. The Morgan fingerprint density at radius 2 is 2.17 bits per heavy atom. The van der Waals surface area contributed by atoms with Crippen LogP contribution in [0.2, 0.25) is 0 Å². The van der Waals surface area contributed by atoms with E-state index in [1.165, 1.54) is 12.1 Å². The summed E-state index contributed by atoms with van der Waals surface area (Å²) >= 11 is 0. The molecule has 3 N–H and O–H groups in total. The summed E-state index contributed by atoms with van der Waals surface area (Å²) in [4.78, 5) is -0.239. The van der Waals surface area contributed by atoms with Gasteiger partial charge in [-0.3, -0.25) is 0 Å². The number of halogens is 1. The summed E-state index contributed by atoms with van der Waals surface area (Å²) in [7, 11) is -3.84. The molecule has 1 aromatic carbocycles. The first-order chi connectivity index (χ1) is 8.43. The van der Waals surface area contributed by atoms with Crippen LogP contribution in [0.25, 0.3) is 0 Å². The summed E-state index contributed by atoms with van der Waals surface area (Å²) in [6, 6.07) is 3.69. The molecule has 0 aliphatic carbocycles. The van der Waals surface area contributed by atoms with Crippen molar-refractivity contribution in [2.45, 2.75) is 23.8 Å². The van der Waals surface area contributed by atoms with Gasteiger partial charge < -0.3 is 10.8 Å². The second-order valence-electron chi connectivity index (χ2n) is 4.31. The number of aliphatic hydroxyl groups excluding tert-OH is 1. The van der Waals surface area contributed by atoms with E-state index >= 15 is 0 Å². The van der Waals surface area contributed by atoms with Crippen molar-refractivity contribution in [3.8, 4) is 0 Å². The highest BCUT2D eigenvalue weighted by atomic mass is 32.2. The van der Waals surface area contributed by atoms with E-state index in [9.17, 15) is 17.9 Å². The molecule has 1 unspecified atom stereocenters. The molecule has 0 aromatic heterocycles. The van der Waals surface area contributed by atoms with Crippen molar-refractivity contribution in [1.82, 2.24) is 4.31 Å². The Balaban J connectivity index is 2.39. The van der Waals surface area contributed by atoms with E-state index in [2.05, 4.69) is 0 Å². The van der Waals surface area contributed by atoms with E-state index in [1.54, 1.807) is 0 Å². The molecule has 0 spiro atoms. The van der Waals surface area contributed by atoms with Crippen LogP contribution in [0.5, 0.6) is 0 Å². The molecule has 0 saturated carbocycles. The van der Waals surface area contributed by atoms with Gasteiger partial charge in [0.25, 0.3) is 0 Å². The van der Waals surface area contributed by atoms with Gasteiger partial charge in [-0.05, 0) is 25.0 Å². The van der Waals surface area contributed by atoms with Gasteiger partial charge in [-0.25, -0.2) is 12.8 Å². The second-order valence-corrected chi connectivity index (χ2v) is 6.22. The van der Waals surface area contributed by atoms with Crippen LogP contribution < -0.4 is 5.73 Å². The molecule has 1 heterocycles. The van der Waals surface area contributed by atoms with Gasteiger partial charge in [0.1, 0.15) is 10.7 Å². The standard InChI is InChI=1S/C11H15FN2O3S/c12-9-4-1-5-10(11(9)13)18(16,17)14-6-2-3-8(15)7-14/h1,4-5,8,15H,2-3,6-7,13H2. The van der Waals surface area contributed by atoms with Crippen molar-refractivity contribution < 1.29 is 17.9 Å². The van der Waals surface area contributed by atoms with Gasteiger partial charge in [-0.2, -0.15) is 4.31 Å². The maximum atomic E-state index is 13.3. The van der Waals surface area contributed by atoms with Crippen LogP contribution >= 0.6 is 0 Å². The molecular weight excluding hydrogens is 259 g/mol. The number of anilines is 1. The molecule has 1 aliphatic rings. The number of nitrogens with zero attached hydrogens (tertiary/aromatic N) is 1. The van der Waals surface area contributed by atoms with Crippen LogP contribution in [0, 0.1) is 5.82 Å². The lowest BCUT2D eigenvalue weighted by Crippen LogP contribution is -2.42. The van der Waals surface area contributed by atoms with Gasteiger partial charge in [0.05, 0.1) is 11.8 Å². The number of benzene rings is 1. The zero-order valence-corrected chi connectivity index (χ0v) is 10.5. The van der Waals surface area contributed by atoms with E-state index in [0.717, 1.165) is 10.4 Å². The van der Waals surface area contributed by atoms with E-state index in [0.29, 0.717) is 19.4 Å². The summed E-state index contributed by atoms with van der Waals surface area (Å²) in [5, 5.41) is 9.50. The molecule has 1 aliphatic heterocycles. The Labute approximate surface area is 105 Å². The first-order valence-electron chi connectivity index (χ1n) is 5.65. The number of nitrogens with two attached hydrogens (primary N) is 1. The normalized spacial score (nSPS) is 22.0. The lowest BCUT2D eigenvalue weighted by molar-refractivity contribution is 0.108. The fourth-order valence-electron chi connectivity index (χ4n) is 2.02. The number of sulfonamides is 1. The third-order valence-electron chi connectivity index (χ3n) is 2.99. The first kappa shape index (κ1) is 13.3. The molecule has 2 rings (SSSR count). The summed E-state index contributed by atoms with van der Waals surface area (Å²) < 4.78 is 39.0. The predicted octanol–water partition coefficient (Wildman–Crippen LogP) is 0.553. The number of aliphatic hydroxyl groups is 1. The quantitative estimate of drug-likeness (QED) is 0.772. The first-order valence-corrected chi connectivity index (χ1v) is 7.09. The molecule has 1 atom stereocenters. The Hall–Kier alpha value is -1.18. The highest BCUT2D eigenvalue weighted by molar-refractivity contribution is 7.89. The molecule has 18 heavy (non-hydrogen) atoms. The van der Waals surface area contributed by atoms with E-state index in [-0.39, 0.29) is 17.1 Å². The largest absolute Gasteiger partial charge is 0.395 e. The fraction of sp³-hybridized carbons (Fsp3) is 0.455. The molecule has 0 radical (unpaired) electrons.